The van der Waals surface area contributed by atoms with Crippen LogP contribution >= 0.6 is 15.9 Å². The quantitative estimate of drug-likeness (QED) is 0.485. The number of hydrogen-bond acceptors (Lipinski definition) is 6. The molecule has 0 aromatic heterocycles. The van der Waals surface area contributed by atoms with Crippen molar-refractivity contribution >= 4 is 45.3 Å². The minimum Gasteiger partial charge on any atom is -0.493 e. The number of benzene rings is 2. The molecule has 0 N–H and O–H groups in total. The molecule has 1 amide bonds. The molecule has 2 aromatic rings. The monoisotopic (exact) mass is 458 g/mol. The van der Waals surface area contributed by atoms with Crippen LogP contribution in [0.1, 0.15) is 12.5 Å². The highest BCUT2D eigenvalue weighted by Crippen LogP contribution is 2.35. The zero-order valence-electron chi connectivity index (χ0n) is 16.1. The molecule has 0 saturated heterocycles. The van der Waals surface area contributed by atoms with E-state index in [0.29, 0.717) is 38.5 Å². The van der Waals surface area contributed by atoms with Gasteiger partial charge >= 0.3 is 5.97 Å². The predicted octanol–water partition coefficient (Wildman–Crippen LogP) is 3.82. The van der Waals surface area contributed by atoms with Gasteiger partial charge in [0.2, 0.25) is 0 Å². The Hall–Kier alpha value is -3.13. The Balaban J connectivity index is 1.91. The van der Waals surface area contributed by atoms with Crippen LogP contribution in [0.5, 0.6) is 11.5 Å². The molecule has 8 heteroatoms. The summed E-state index contributed by atoms with van der Waals surface area (Å²) >= 11 is 3.48. The highest BCUT2D eigenvalue weighted by atomic mass is 79.9. The summed E-state index contributed by atoms with van der Waals surface area (Å²) in [5, 5.41) is 5.75. The number of rotatable bonds is 6. The second kappa shape index (κ2) is 8.91. The average molecular weight is 459 g/mol. The first-order valence-electron chi connectivity index (χ1n) is 8.68. The SMILES string of the molecule is COC(=O)COc1cc(Br)c(/C=C2/C(=O)N(c3ccccc3)N=C2C)cc1OC. The molecule has 3 rings (SSSR count). The van der Waals surface area contributed by atoms with Crippen LogP contribution in [0.4, 0.5) is 5.69 Å². The molecule has 2 aromatic carbocycles. The highest BCUT2D eigenvalue weighted by Gasteiger charge is 2.29. The van der Waals surface area contributed by atoms with E-state index in [4.69, 9.17) is 9.47 Å². The van der Waals surface area contributed by atoms with E-state index in [-0.39, 0.29) is 12.5 Å². The van der Waals surface area contributed by atoms with Crippen LogP contribution in [0.15, 0.2) is 57.6 Å². The number of hydrogen-bond donors (Lipinski definition) is 0. The van der Waals surface area contributed by atoms with Gasteiger partial charge in [-0.15, -0.1) is 0 Å². The van der Waals surface area contributed by atoms with Gasteiger partial charge < -0.3 is 14.2 Å². The fourth-order valence-corrected chi connectivity index (χ4v) is 3.15. The number of para-hydroxylation sites is 1. The maximum atomic E-state index is 12.9. The highest BCUT2D eigenvalue weighted by molar-refractivity contribution is 9.10. The lowest BCUT2D eigenvalue weighted by Crippen LogP contribution is -2.21. The Labute approximate surface area is 176 Å². The molecule has 0 radical (unpaired) electrons. The summed E-state index contributed by atoms with van der Waals surface area (Å²) in [6.45, 7) is 1.54. The summed E-state index contributed by atoms with van der Waals surface area (Å²) in [4.78, 5) is 24.2. The number of nitrogens with zero attached hydrogens (tertiary/aromatic N) is 2. The van der Waals surface area contributed by atoms with Crippen molar-refractivity contribution in [2.75, 3.05) is 25.8 Å². The third-order valence-corrected chi connectivity index (χ3v) is 4.91. The Morgan fingerprint density at radius 2 is 1.90 bits per heavy atom. The fraction of sp³-hybridized carbons (Fsp3) is 0.190. The maximum absolute atomic E-state index is 12.9. The molecule has 0 unspecified atom stereocenters. The number of hydrazone groups is 1. The van der Waals surface area contributed by atoms with Gasteiger partial charge in [-0.2, -0.15) is 10.1 Å². The van der Waals surface area contributed by atoms with Gasteiger partial charge in [0.1, 0.15) is 0 Å². The summed E-state index contributed by atoms with van der Waals surface area (Å²) < 4.78 is 16.1. The van der Waals surface area contributed by atoms with Crippen molar-refractivity contribution in [1.29, 1.82) is 0 Å². The number of halogens is 1. The summed E-state index contributed by atoms with van der Waals surface area (Å²) in [5.74, 6) is 0.0780. The van der Waals surface area contributed by atoms with Crippen LogP contribution in [-0.2, 0) is 14.3 Å². The molecular formula is C21H19BrN2O5. The minimum atomic E-state index is -0.501. The van der Waals surface area contributed by atoms with Gasteiger partial charge in [0.05, 0.1) is 31.2 Å². The first kappa shape index (κ1) is 20.6. The molecule has 0 atom stereocenters. The van der Waals surface area contributed by atoms with E-state index in [9.17, 15) is 9.59 Å². The van der Waals surface area contributed by atoms with Gasteiger partial charge in [0, 0.05) is 4.47 Å². The normalized spacial score (nSPS) is 14.8. The van der Waals surface area contributed by atoms with E-state index in [1.807, 2.05) is 30.3 Å². The first-order chi connectivity index (χ1) is 13.9. The van der Waals surface area contributed by atoms with Gasteiger partial charge in [-0.3, -0.25) is 4.79 Å². The number of esters is 1. The zero-order valence-corrected chi connectivity index (χ0v) is 17.7. The molecule has 1 heterocycles. The molecule has 0 spiro atoms. The number of anilines is 1. The van der Waals surface area contributed by atoms with Crippen molar-refractivity contribution in [2.45, 2.75) is 6.92 Å². The summed E-state index contributed by atoms with van der Waals surface area (Å²) in [6, 6.07) is 12.6. The topological polar surface area (TPSA) is 77.4 Å². The van der Waals surface area contributed by atoms with E-state index < -0.39 is 5.97 Å². The maximum Gasteiger partial charge on any atom is 0.343 e. The number of ether oxygens (including phenoxy) is 3. The fourth-order valence-electron chi connectivity index (χ4n) is 2.71. The minimum absolute atomic E-state index is 0.217. The van der Waals surface area contributed by atoms with Crippen molar-refractivity contribution in [1.82, 2.24) is 0 Å². The Bertz CT molecular complexity index is 1000. The number of amides is 1. The third kappa shape index (κ3) is 4.48. The zero-order chi connectivity index (χ0) is 21.0. The lowest BCUT2D eigenvalue weighted by molar-refractivity contribution is -0.142. The molecule has 1 aliphatic rings. The molecule has 1 aliphatic heterocycles. The molecular weight excluding hydrogens is 440 g/mol. The van der Waals surface area contributed by atoms with Crippen LogP contribution < -0.4 is 14.5 Å². The Kier molecular flexibility index (Phi) is 6.33. The van der Waals surface area contributed by atoms with Crippen LogP contribution in [0.25, 0.3) is 6.08 Å². The van der Waals surface area contributed by atoms with Crippen LogP contribution in [0, 0.1) is 0 Å². The standard InChI is InChI=1S/C21H19BrN2O5/c1-13-16(21(26)24(23-13)15-7-5-4-6-8-15)9-14-10-18(27-2)19(11-17(14)22)29-12-20(25)28-3/h4-11H,12H2,1-3H3/b16-9+. The smallest absolute Gasteiger partial charge is 0.343 e. The number of carbonyl (C=O) groups excluding carboxylic acids is 2. The van der Waals surface area contributed by atoms with Crippen molar-refractivity contribution in [3.63, 3.8) is 0 Å². The summed E-state index contributed by atoms with van der Waals surface area (Å²) in [6.07, 6.45) is 1.74. The Morgan fingerprint density at radius 1 is 1.17 bits per heavy atom. The van der Waals surface area contributed by atoms with Crippen molar-refractivity contribution in [2.24, 2.45) is 5.10 Å². The summed E-state index contributed by atoms with van der Waals surface area (Å²) in [7, 11) is 2.78. The van der Waals surface area contributed by atoms with E-state index in [1.165, 1.54) is 19.2 Å². The van der Waals surface area contributed by atoms with Gasteiger partial charge in [0.25, 0.3) is 5.91 Å². The van der Waals surface area contributed by atoms with Gasteiger partial charge in [-0.1, -0.05) is 34.1 Å². The second-order valence-corrected chi connectivity index (χ2v) is 6.94. The van der Waals surface area contributed by atoms with Crippen molar-refractivity contribution in [3.05, 3.63) is 58.1 Å². The molecule has 0 fully saturated rings. The molecule has 0 bridgehead atoms. The van der Waals surface area contributed by atoms with Crippen molar-refractivity contribution in [3.8, 4) is 11.5 Å². The van der Waals surface area contributed by atoms with Gasteiger partial charge in [0.15, 0.2) is 18.1 Å². The predicted molar refractivity (Wildman–Crippen MR) is 113 cm³/mol. The summed E-state index contributed by atoms with van der Waals surface area (Å²) in [5.41, 5.74) is 2.49. The van der Waals surface area contributed by atoms with E-state index in [2.05, 4.69) is 25.8 Å². The molecule has 29 heavy (non-hydrogen) atoms. The van der Waals surface area contributed by atoms with E-state index >= 15 is 0 Å². The Morgan fingerprint density at radius 3 is 2.55 bits per heavy atom. The van der Waals surface area contributed by atoms with Crippen LogP contribution in [0.3, 0.4) is 0 Å². The first-order valence-corrected chi connectivity index (χ1v) is 9.47. The second-order valence-electron chi connectivity index (χ2n) is 6.09. The average Bonchev–Trinajstić information content (AvgIpc) is 3.02. The lowest BCUT2D eigenvalue weighted by atomic mass is 10.1. The van der Waals surface area contributed by atoms with E-state index in [0.717, 1.165) is 0 Å². The number of methoxy groups -OCH3 is 2. The molecule has 0 saturated carbocycles. The van der Waals surface area contributed by atoms with E-state index in [1.54, 1.807) is 25.1 Å². The van der Waals surface area contributed by atoms with Crippen LogP contribution in [-0.4, -0.2) is 38.4 Å². The molecule has 7 nitrogen and oxygen atoms in total. The third-order valence-electron chi connectivity index (χ3n) is 4.22. The largest absolute Gasteiger partial charge is 0.493 e. The molecule has 150 valence electrons. The number of carbonyl (C=O) groups is 2. The van der Waals surface area contributed by atoms with Crippen molar-refractivity contribution < 1.29 is 23.8 Å². The van der Waals surface area contributed by atoms with Gasteiger partial charge in [-0.05, 0) is 42.8 Å². The lowest BCUT2D eigenvalue weighted by Gasteiger charge is -2.13. The van der Waals surface area contributed by atoms with Crippen LogP contribution in [0.2, 0.25) is 0 Å². The molecule has 0 aliphatic carbocycles. The van der Waals surface area contributed by atoms with Gasteiger partial charge in [-0.25, -0.2) is 4.79 Å².